The zero-order valence-electron chi connectivity index (χ0n) is 31.0. The van der Waals surface area contributed by atoms with Gasteiger partial charge in [0.15, 0.2) is 16.6 Å². The van der Waals surface area contributed by atoms with Gasteiger partial charge in [-0.05, 0) is 114 Å². The number of hydrogen-bond acceptors (Lipinski definition) is 10. The molecular formula is C48H28N8O3. The van der Waals surface area contributed by atoms with Crippen LogP contribution in [-0.4, -0.2) is 35.5 Å². The Bertz CT molecular complexity index is 3520. The highest BCUT2D eigenvalue weighted by atomic mass is 16.6. The molecule has 0 aliphatic carbocycles. The minimum absolute atomic E-state index is 0.538. The highest BCUT2D eigenvalue weighted by Gasteiger charge is 2.27. The van der Waals surface area contributed by atoms with E-state index in [2.05, 4.69) is 127 Å². The van der Waals surface area contributed by atoms with Gasteiger partial charge in [0.25, 0.3) is 0 Å². The van der Waals surface area contributed by atoms with Gasteiger partial charge < -0.3 is 9.47 Å². The van der Waals surface area contributed by atoms with Crippen molar-refractivity contribution in [1.29, 1.82) is 0 Å². The lowest BCUT2D eigenvalue weighted by Gasteiger charge is -2.25. The molecule has 0 atom stereocenters. The standard InChI is InChI=1S/C48H28N8O3/c1-3-10-30(11-4-1)34-24-26-41(47-44(34)50-58-53-47)56(40-17-9-15-38-46(40)52-57-49-38)42-27-25-35(45-48(42)54-59-51-45)31-20-18-29(19-21-31)32-22-23-37-36-14-7-8-16-39(36)55(43(37)28-32)33-12-5-2-6-13-33/h1-28H. The Morgan fingerprint density at radius 3 is 1.63 bits per heavy atom. The molecule has 4 aromatic heterocycles. The third kappa shape index (κ3) is 5.15. The van der Waals surface area contributed by atoms with Crippen LogP contribution in [0.3, 0.4) is 0 Å². The molecule has 4 heterocycles. The first-order valence-electron chi connectivity index (χ1n) is 19.1. The molecule has 8 aromatic carbocycles. The van der Waals surface area contributed by atoms with Gasteiger partial charge >= 0.3 is 0 Å². The Balaban J connectivity index is 0.973. The molecule has 0 saturated carbocycles. The van der Waals surface area contributed by atoms with E-state index in [1.54, 1.807) is 0 Å². The van der Waals surface area contributed by atoms with E-state index in [1.165, 1.54) is 16.3 Å². The summed E-state index contributed by atoms with van der Waals surface area (Å²) in [4.78, 5) is 2.00. The Morgan fingerprint density at radius 1 is 0.356 bits per heavy atom. The number of nitrogens with zero attached hydrogens (tertiary/aromatic N) is 8. The van der Waals surface area contributed by atoms with E-state index in [0.717, 1.165) is 44.6 Å². The van der Waals surface area contributed by atoms with Crippen molar-refractivity contribution in [1.82, 2.24) is 35.5 Å². The van der Waals surface area contributed by atoms with Gasteiger partial charge in [-0.3, -0.25) is 0 Å². The fourth-order valence-corrected chi connectivity index (χ4v) is 8.36. The second-order valence-electron chi connectivity index (χ2n) is 14.3. The van der Waals surface area contributed by atoms with Crippen molar-refractivity contribution in [3.63, 3.8) is 0 Å². The summed E-state index contributed by atoms with van der Waals surface area (Å²) in [6.45, 7) is 0. The van der Waals surface area contributed by atoms with E-state index in [1.807, 2.05) is 83.8 Å². The van der Waals surface area contributed by atoms with Crippen molar-refractivity contribution < 1.29 is 13.9 Å². The lowest BCUT2D eigenvalue weighted by atomic mass is 9.98. The largest absolute Gasteiger partial charge is 0.309 e. The van der Waals surface area contributed by atoms with Gasteiger partial charge in [-0.2, -0.15) is 0 Å². The minimum atomic E-state index is 0.538. The quantitative estimate of drug-likeness (QED) is 0.155. The molecule has 0 bridgehead atoms. The first-order chi connectivity index (χ1) is 29.3. The molecule has 0 saturated heterocycles. The zero-order chi connectivity index (χ0) is 38.9. The predicted octanol–water partition coefficient (Wildman–Crippen LogP) is 11.9. The maximum Gasteiger partial charge on any atom is 0.159 e. The van der Waals surface area contributed by atoms with Crippen LogP contribution < -0.4 is 4.90 Å². The molecule has 0 radical (unpaired) electrons. The van der Waals surface area contributed by atoms with Crippen LogP contribution in [0.15, 0.2) is 184 Å². The van der Waals surface area contributed by atoms with Gasteiger partial charge in [-0.1, -0.05) is 109 Å². The third-order valence-electron chi connectivity index (χ3n) is 11.1. The van der Waals surface area contributed by atoms with E-state index in [-0.39, 0.29) is 0 Å². The van der Waals surface area contributed by atoms with Crippen LogP contribution in [0.1, 0.15) is 0 Å². The fourth-order valence-electron chi connectivity index (χ4n) is 8.36. The molecule has 0 N–H and O–H groups in total. The first-order valence-corrected chi connectivity index (χ1v) is 19.1. The lowest BCUT2D eigenvalue weighted by molar-refractivity contribution is 0.315. The molecule has 0 spiro atoms. The van der Waals surface area contributed by atoms with Crippen molar-refractivity contribution >= 4 is 72.0 Å². The van der Waals surface area contributed by atoms with E-state index in [0.29, 0.717) is 50.2 Å². The Morgan fingerprint density at radius 2 is 0.898 bits per heavy atom. The summed E-state index contributed by atoms with van der Waals surface area (Å²) >= 11 is 0. The first kappa shape index (κ1) is 32.8. The van der Waals surface area contributed by atoms with Gasteiger partial charge in [0.2, 0.25) is 0 Å². The normalized spacial score (nSPS) is 11.7. The monoisotopic (exact) mass is 764 g/mol. The minimum Gasteiger partial charge on any atom is -0.309 e. The molecule has 11 nitrogen and oxygen atoms in total. The zero-order valence-corrected chi connectivity index (χ0v) is 31.0. The molecule has 278 valence electrons. The Labute approximate surface area is 334 Å². The summed E-state index contributed by atoms with van der Waals surface area (Å²) in [6.07, 6.45) is 0. The number of fused-ring (bicyclic) bond motifs is 6. The summed E-state index contributed by atoms with van der Waals surface area (Å²) in [7, 11) is 0. The summed E-state index contributed by atoms with van der Waals surface area (Å²) in [5, 5.41) is 28.5. The fraction of sp³-hybridized carbons (Fsp3) is 0. The van der Waals surface area contributed by atoms with E-state index >= 15 is 0 Å². The van der Waals surface area contributed by atoms with Gasteiger partial charge in [-0.25, -0.2) is 13.9 Å². The average Bonchev–Trinajstić information content (AvgIpc) is 4.14. The maximum absolute atomic E-state index is 5.50. The van der Waals surface area contributed by atoms with Crippen LogP contribution >= 0.6 is 0 Å². The van der Waals surface area contributed by atoms with Gasteiger partial charge in [-0.15, -0.1) is 0 Å². The van der Waals surface area contributed by atoms with Crippen LogP contribution in [0.4, 0.5) is 17.1 Å². The molecule has 11 heteroatoms. The van der Waals surface area contributed by atoms with Gasteiger partial charge in [0.05, 0.1) is 28.1 Å². The summed E-state index contributed by atoms with van der Waals surface area (Å²) in [6, 6.07) is 58.0. The number of hydrogen-bond donors (Lipinski definition) is 0. The summed E-state index contributed by atoms with van der Waals surface area (Å²) in [5.41, 5.74) is 14.8. The van der Waals surface area contributed by atoms with E-state index in [4.69, 9.17) is 13.9 Å². The molecule has 59 heavy (non-hydrogen) atoms. The lowest BCUT2D eigenvalue weighted by Crippen LogP contribution is -2.12. The molecule has 12 rings (SSSR count). The summed E-state index contributed by atoms with van der Waals surface area (Å²) < 4.78 is 18.4. The van der Waals surface area contributed by atoms with Crippen molar-refractivity contribution in [2.75, 3.05) is 4.90 Å². The molecule has 0 unspecified atom stereocenters. The highest BCUT2D eigenvalue weighted by Crippen LogP contribution is 2.46. The number of benzene rings is 8. The number of anilines is 3. The Kier molecular flexibility index (Phi) is 7.26. The molecule has 0 aliphatic heterocycles. The van der Waals surface area contributed by atoms with Crippen LogP contribution in [0, 0.1) is 0 Å². The second-order valence-corrected chi connectivity index (χ2v) is 14.3. The van der Waals surface area contributed by atoms with E-state index in [9.17, 15) is 0 Å². The number of rotatable bonds is 7. The van der Waals surface area contributed by atoms with Crippen LogP contribution in [0.5, 0.6) is 0 Å². The van der Waals surface area contributed by atoms with Gasteiger partial charge in [0, 0.05) is 27.6 Å². The van der Waals surface area contributed by atoms with Crippen molar-refractivity contribution in [2.45, 2.75) is 0 Å². The molecule has 0 amide bonds. The number of para-hydroxylation sites is 2. The third-order valence-corrected chi connectivity index (χ3v) is 11.1. The average molecular weight is 765 g/mol. The van der Waals surface area contributed by atoms with Crippen molar-refractivity contribution in [3.8, 4) is 39.1 Å². The summed E-state index contributed by atoms with van der Waals surface area (Å²) in [5.74, 6) is 0. The number of aromatic nitrogens is 7. The molecular weight excluding hydrogens is 737 g/mol. The smallest absolute Gasteiger partial charge is 0.159 e. The van der Waals surface area contributed by atoms with Crippen molar-refractivity contribution in [2.24, 2.45) is 0 Å². The van der Waals surface area contributed by atoms with Gasteiger partial charge in [0.1, 0.15) is 16.6 Å². The Hall–Kier alpha value is -8.44. The molecule has 0 fully saturated rings. The van der Waals surface area contributed by atoms with E-state index < -0.39 is 0 Å². The van der Waals surface area contributed by atoms with Crippen LogP contribution in [0.2, 0.25) is 0 Å². The maximum atomic E-state index is 5.50. The predicted molar refractivity (Wildman–Crippen MR) is 228 cm³/mol. The topological polar surface area (TPSA) is 125 Å². The van der Waals surface area contributed by atoms with Crippen LogP contribution in [0.25, 0.3) is 94.0 Å². The highest BCUT2D eigenvalue weighted by molar-refractivity contribution is 6.11. The molecule has 0 aliphatic rings. The van der Waals surface area contributed by atoms with Crippen LogP contribution in [-0.2, 0) is 0 Å². The van der Waals surface area contributed by atoms with Crippen molar-refractivity contribution in [3.05, 3.63) is 170 Å². The second kappa shape index (κ2) is 13.1. The SMILES string of the molecule is c1ccc(-c2ccc(N(c3cccc4nonc34)c3ccc(-c4ccc(-c5ccc6c7ccccc7n(-c7ccccc7)c6c5)cc4)c4nonc34)c3nonc23)cc1. The molecule has 12 aromatic rings.